The van der Waals surface area contributed by atoms with Gasteiger partial charge in [0, 0.05) is 19.6 Å². The van der Waals surface area contributed by atoms with Crippen LogP contribution in [0.15, 0.2) is 18.2 Å². The first-order chi connectivity index (χ1) is 8.50. The monoisotopic (exact) mass is 274 g/mol. The molecular formula is C14H20ClFO2. The van der Waals surface area contributed by atoms with Gasteiger partial charge in [0.1, 0.15) is 5.82 Å². The van der Waals surface area contributed by atoms with Crippen LogP contribution in [0.1, 0.15) is 38.4 Å². The highest BCUT2D eigenvalue weighted by Crippen LogP contribution is 2.22. The van der Waals surface area contributed by atoms with E-state index in [-0.39, 0.29) is 5.02 Å². The fraction of sp³-hybridized carbons (Fsp3) is 0.571. The third kappa shape index (κ3) is 5.34. The number of halogens is 2. The van der Waals surface area contributed by atoms with Gasteiger partial charge >= 0.3 is 0 Å². The van der Waals surface area contributed by atoms with E-state index in [0.29, 0.717) is 31.1 Å². The van der Waals surface area contributed by atoms with E-state index >= 15 is 0 Å². The Balaban J connectivity index is 2.31. The molecule has 0 saturated heterocycles. The van der Waals surface area contributed by atoms with Gasteiger partial charge in [0.25, 0.3) is 0 Å². The summed E-state index contributed by atoms with van der Waals surface area (Å²) >= 11 is 5.66. The molecule has 1 unspecified atom stereocenters. The van der Waals surface area contributed by atoms with Crippen LogP contribution >= 0.6 is 11.6 Å². The van der Waals surface area contributed by atoms with E-state index in [1.165, 1.54) is 12.1 Å². The highest BCUT2D eigenvalue weighted by Gasteiger charge is 2.10. The first-order valence-electron chi connectivity index (χ1n) is 6.21. The number of rotatable bonds is 7. The van der Waals surface area contributed by atoms with Crippen molar-refractivity contribution in [1.29, 1.82) is 0 Å². The summed E-state index contributed by atoms with van der Waals surface area (Å²) in [6.07, 6.45) is 0.834. The van der Waals surface area contributed by atoms with Crippen LogP contribution in [0.4, 0.5) is 4.39 Å². The average Bonchev–Trinajstić information content (AvgIpc) is 2.31. The third-order valence-corrected chi connectivity index (χ3v) is 2.99. The lowest BCUT2D eigenvalue weighted by atomic mass is 10.1. The summed E-state index contributed by atoms with van der Waals surface area (Å²) in [5, 5.41) is 9.92. The first-order valence-corrected chi connectivity index (χ1v) is 6.59. The van der Waals surface area contributed by atoms with E-state index in [4.69, 9.17) is 16.3 Å². The van der Waals surface area contributed by atoms with Gasteiger partial charge in [0.05, 0.1) is 11.1 Å². The molecule has 0 aliphatic rings. The Hall–Kier alpha value is -0.640. The number of hydrogen-bond donors (Lipinski definition) is 1. The molecule has 102 valence electrons. The summed E-state index contributed by atoms with van der Waals surface area (Å²) in [6, 6.07) is 4.26. The second-order valence-corrected chi connectivity index (χ2v) is 5.18. The van der Waals surface area contributed by atoms with Gasteiger partial charge in [0.15, 0.2) is 0 Å². The molecule has 0 amide bonds. The molecule has 1 atom stereocenters. The smallest absolute Gasteiger partial charge is 0.141 e. The zero-order valence-corrected chi connectivity index (χ0v) is 11.6. The molecule has 2 nitrogen and oxygen atoms in total. The highest BCUT2D eigenvalue weighted by atomic mass is 35.5. The van der Waals surface area contributed by atoms with Gasteiger partial charge in [0.2, 0.25) is 0 Å². The lowest BCUT2D eigenvalue weighted by molar-refractivity contribution is 0.0767. The summed E-state index contributed by atoms with van der Waals surface area (Å²) < 4.78 is 18.4. The highest BCUT2D eigenvalue weighted by molar-refractivity contribution is 6.30. The van der Waals surface area contributed by atoms with Crippen molar-refractivity contribution in [3.8, 4) is 0 Å². The normalized spacial score (nSPS) is 13.0. The van der Waals surface area contributed by atoms with E-state index in [1.807, 2.05) is 0 Å². The molecule has 0 heterocycles. The molecule has 0 radical (unpaired) electrons. The predicted molar refractivity (Wildman–Crippen MR) is 71.3 cm³/mol. The number of aliphatic hydroxyl groups is 1. The van der Waals surface area contributed by atoms with Gasteiger partial charge in [-0.1, -0.05) is 31.5 Å². The largest absolute Gasteiger partial charge is 0.388 e. The maximum Gasteiger partial charge on any atom is 0.141 e. The lowest BCUT2D eigenvalue weighted by Gasteiger charge is -2.12. The van der Waals surface area contributed by atoms with Crippen molar-refractivity contribution in [2.24, 2.45) is 5.92 Å². The summed E-state index contributed by atoms with van der Waals surface area (Å²) in [4.78, 5) is 0. The Morgan fingerprint density at radius 3 is 2.56 bits per heavy atom. The summed E-state index contributed by atoms with van der Waals surface area (Å²) in [7, 11) is 0. The van der Waals surface area contributed by atoms with Gasteiger partial charge in [-0.3, -0.25) is 0 Å². The second kappa shape index (κ2) is 7.72. The maximum absolute atomic E-state index is 13.0. The molecule has 0 spiro atoms. The fourth-order valence-electron chi connectivity index (χ4n) is 1.50. The second-order valence-electron chi connectivity index (χ2n) is 4.77. The van der Waals surface area contributed by atoms with Crippen LogP contribution in [-0.2, 0) is 4.74 Å². The Kier molecular flexibility index (Phi) is 6.61. The SMILES string of the molecule is CC(C)CCOCCC(O)c1ccc(F)c(Cl)c1. The van der Waals surface area contributed by atoms with Gasteiger partial charge in [-0.05, 0) is 30.0 Å². The van der Waals surface area contributed by atoms with Crippen molar-refractivity contribution in [1.82, 2.24) is 0 Å². The zero-order valence-electron chi connectivity index (χ0n) is 10.8. The minimum atomic E-state index is -0.665. The first kappa shape index (κ1) is 15.4. The molecule has 18 heavy (non-hydrogen) atoms. The predicted octanol–water partition coefficient (Wildman–Crippen LogP) is 3.97. The van der Waals surface area contributed by atoms with Crippen molar-refractivity contribution in [2.45, 2.75) is 32.8 Å². The van der Waals surface area contributed by atoms with E-state index in [1.54, 1.807) is 6.07 Å². The molecule has 0 fully saturated rings. The fourth-order valence-corrected chi connectivity index (χ4v) is 1.69. The van der Waals surface area contributed by atoms with Crippen molar-refractivity contribution >= 4 is 11.6 Å². The van der Waals surface area contributed by atoms with Gasteiger partial charge < -0.3 is 9.84 Å². The van der Waals surface area contributed by atoms with E-state index in [0.717, 1.165) is 6.42 Å². The summed E-state index contributed by atoms with van der Waals surface area (Å²) in [6.45, 7) is 5.47. The minimum absolute atomic E-state index is 0.0345. The van der Waals surface area contributed by atoms with E-state index in [9.17, 15) is 9.50 Å². The molecule has 1 aromatic rings. The molecule has 0 bridgehead atoms. The Bertz CT molecular complexity index is 369. The van der Waals surface area contributed by atoms with Crippen molar-refractivity contribution in [3.63, 3.8) is 0 Å². The Morgan fingerprint density at radius 2 is 1.94 bits per heavy atom. The van der Waals surface area contributed by atoms with Gasteiger partial charge in [-0.15, -0.1) is 0 Å². The minimum Gasteiger partial charge on any atom is -0.388 e. The molecule has 1 rings (SSSR count). The zero-order chi connectivity index (χ0) is 13.5. The van der Waals surface area contributed by atoms with Crippen molar-refractivity contribution in [3.05, 3.63) is 34.6 Å². The molecule has 0 aliphatic heterocycles. The van der Waals surface area contributed by atoms with Crippen LogP contribution in [0.2, 0.25) is 5.02 Å². The number of ether oxygens (including phenoxy) is 1. The molecule has 0 saturated carbocycles. The molecular weight excluding hydrogens is 255 g/mol. The van der Waals surface area contributed by atoms with Gasteiger partial charge in [-0.2, -0.15) is 0 Å². The summed E-state index contributed by atoms with van der Waals surface area (Å²) in [5.74, 6) is 0.145. The number of aliphatic hydroxyl groups excluding tert-OH is 1. The number of benzene rings is 1. The van der Waals surface area contributed by atoms with Crippen LogP contribution in [0.25, 0.3) is 0 Å². The third-order valence-electron chi connectivity index (χ3n) is 2.70. The topological polar surface area (TPSA) is 29.5 Å². The molecule has 1 aromatic carbocycles. The van der Waals surface area contributed by atoms with Gasteiger partial charge in [-0.25, -0.2) is 4.39 Å². The van der Waals surface area contributed by atoms with Crippen LogP contribution in [0.5, 0.6) is 0 Å². The number of hydrogen-bond acceptors (Lipinski definition) is 2. The Morgan fingerprint density at radius 1 is 1.28 bits per heavy atom. The molecule has 1 N–H and O–H groups in total. The van der Waals surface area contributed by atoms with Crippen molar-refractivity contribution < 1.29 is 14.2 Å². The van der Waals surface area contributed by atoms with E-state index in [2.05, 4.69) is 13.8 Å². The molecule has 0 aromatic heterocycles. The van der Waals surface area contributed by atoms with Crippen molar-refractivity contribution in [2.75, 3.05) is 13.2 Å². The quantitative estimate of drug-likeness (QED) is 0.763. The van der Waals surface area contributed by atoms with Crippen LogP contribution in [0, 0.1) is 11.7 Å². The van der Waals surface area contributed by atoms with Crippen LogP contribution in [0.3, 0.4) is 0 Å². The molecule has 0 aliphatic carbocycles. The lowest BCUT2D eigenvalue weighted by Crippen LogP contribution is -2.05. The Labute approximate surface area is 113 Å². The molecule has 4 heteroatoms. The van der Waals surface area contributed by atoms with Crippen LogP contribution < -0.4 is 0 Å². The van der Waals surface area contributed by atoms with E-state index < -0.39 is 11.9 Å². The summed E-state index contributed by atoms with van der Waals surface area (Å²) in [5.41, 5.74) is 0.619. The average molecular weight is 275 g/mol. The maximum atomic E-state index is 13.0. The van der Waals surface area contributed by atoms with Crippen LogP contribution in [-0.4, -0.2) is 18.3 Å². The standard InChI is InChI=1S/C14H20ClFO2/c1-10(2)5-7-18-8-6-14(17)11-3-4-13(16)12(15)9-11/h3-4,9-10,14,17H,5-8H2,1-2H3.